The number of allylic oxidation sites excluding steroid dienone is 3. The van der Waals surface area contributed by atoms with Crippen molar-refractivity contribution in [2.75, 3.05) is 9.80 Å². The molecular weight excluding hydrogens is 689 g/mol. The van der Waals surface area contributed by atoms with Crippen LogP contribution in [0, 0.1) is 0 Å². The van der Waals surface area contributed by atoms with Crippen LogP contribution in [0.15, 0.2) is 206 Å². The molecule has 1 aliphatic carbocycles. The van der Waals surface area contributed by atoms with Crippen molar-refractivity contribution >= 4 is 51.2 Å². The van der Waals surface area contributed by atoms with Crippen molar-refractivity contribution in [2.24, 2.45) is 0 Å². The van der Waals surface area contributed by atoms with Gasteiger partial charge in [-0.1, -0.05) is 152 Å². The average molecular weight is 721 g/mol. The number of aromatic nitrogens is 2. The van der Waals surface area contributed by atoms with Gasteiger partial charge in [-0.2, -0.15) is 0 Å². The molecule has 0 saturated carbocycles. The van der Waals surface area contributed by atoms with Gasteiger partial charge in [0.05, 0.1) is 16.6 Å². The van der Waals surface area contributed by atoms with Gasteiger partial charge < -0.3 is 0 Å². The maximum absolute atomic E-state index is 15.3. The summed E-state index contributed by atoms with van der Waals surface area (Å²) in [5, 5.41) is 0. The van der Waals surface area contributed by atoms with Crippen molar-refractivity contribution in [1.29, 1.82) is 0 Å². The fourth-order valence-electron chi connectivity index (χ4n) is 7.83. The standard InChI is InChI=1S/C50H32N4O2/c55-47-44-38(33-18-6-1-7-19-33)30-31-39(34-20-8-2-9-21-34)45(44)48(56)46(47)40(35-22-10-3-11-23-35)32-43-53(36-24-12-4-13-25-36)49-50(54(43)37-26-14-5-15-27-37)52-42-29-17-16-28-41(42)51-49/h1-32H. The summed E-state index contributed by atoms with van der Waals surface area (Å²) in [5.74, 6) is 1.31. The summed E-state index contributed by atoms with van der Waals surface area (Å²) in [5.41, 5.74) is 8.55. The van der Waals surface area contributed by atoms with Gasteiger partial charge in [0, 0.05) is 28.1 Å². The van der Waals surface area contributed by atoms with Gasteiger partial charge in [-0.25, -0.2) is 9.97 Å². The number of hydrogen-bond donors (Lipinski definition) is 0. The van der Waals surface area contributed by atoms with E-state index in [0.717, 1.165) is 50.2 Å². The van der Waals surface area contributed by atoms with Crippen LogP contribution in [0.4, 0.5) is 23.0 Å². The summed E-state index contributed by atoms with van der Waals surface area (Å²) in [4.78, 5) is 45.1. The van der Waals surface area contributed by atoms with Crippen molar-refractivity contribution in [3.05, 3.63) is 222 Å². The Morgan fingerprint density at radius 2 is 0.804 bits per heavy atom. The van der Waals surface area contributed by atoms with Crippen molar-refractivity contribution < 1.29 is 9.59 Å². The molecule has 0 spiro atoms. The normalized spacial score (nSPS) is 13.3. The molecule has 7 aromatic carbocycles. The number of rotatable bonds is 6. The Balaban J connectivity index is 1.29. The highest BCUT2D eigenvalue weighted by molar-refractivity contribution is 6.45. The molecule has 56 heavy (non-hydrogen) atoms. The Labute approximate surface area is 324 Å². The molecule has 8 aromatic rings. The van der Waals surface area contributed by atoms with Gasteiger partial charge in [0.2, 0.25) is 0 Å². The van der Waals surface area contributed by atoms with Crippen molar-refractivity contribution in [1.82, 2.24) is 9.97 Å². The lowest BCUT2D eigenvalue weighted by Gasteiger charge is -2.25. The second-order valence-electron chi connectivity index (χ2n) is 13.7. The second kappa shape index (κ2) is 13.6. The van der Waals surface area contributed by atoms with E-state index in [2.05, 4.69) is 9.80 Å². The molecule has 6 nitrogen and oxygen atoms in total. The van der Waals surface area contributed by atoms with Crippen molar-refractivity contribution in [2.45, 2.75) is 0 Å². The molecule has 0 atom stereocenters. The van der Waals surface area contributed by atoms with Gasteiger partial charge in [-0.15, -0.1) is 0 Å². The van der Waals surface area contributed by atoms with Crippen LogP contribution < -0.4 is 9.80 Å². The van der Waals surface area contributed by atoms with E-state index in [1.807, 2.05) is 194 Å². The number of nitrogens with zero attached hydrogens (tertiary/aromatic N) is 4. The van der Waals surface area contributed by atoms with E-state index in [1.165, 1.54) is 0 Å². The quantitative estimate of drug-likeness (QED) is 0.126. The van der Waals surface area contributed by atoms with E-state index in [0.29, 0.717) is 34.2 Å². The minimum absolute atomic E-state index is 0.113. The number of carbonyl (C=O) groups is 2. The molecular formula is C50H32N4O2. The maximum atomic E-state index is 15.3. The van der Waals surface area contributed by atoms with E-state index in [9.17, 15) is 0 Å². The lowest BCUT2D eigenvalue weighted by atomic mass is 9.90. The zero-order chi connectivity index (χ0) is 37.6. The Morgan fingerprint density at radius 1 is 0.429 bits per heavy atom. The minimum Gasteiger partial charge on any atom is -0.288 e. The molecule has 0 unspecified atom stereocenters. The predicted octanol–water partition coefficient (Wildman–Crippen LogP) is 11.6. The fourth-order valence-corrected chi connectivity index (χ4v) is 7.83. The van der Waals surface area contributed by atoms with Gasteiger partial charge in [-0.3, -0.25) is 19.4 Å². The number of carbonyl (C=O) groups excluding carboxylic acids is 2. The zero-order valence-corrected chi connectivity index (χ0v) is 30.1. The Bertz CT molecular complexity index is 2710. The number of Topliss-reactive ketones (excluding diaryl/α,β-unsaturated/α-hetero) is 2. The van der Waals surface area contributed by atoms with Gasteiger partial charge in [-0.05, 0) is 70.3 Å². The predicted molar refractivity (Wildman–Crippen MR) is 224 cm³/mol. The molecule has 264 valence electrons. The molecule has 0 N–H and O–H groups in total. The van der Waals surface area contributed by atoms with Crippen molar-refractivity contribution in [3.8, 4) is 22.3 Å². The lowest BCUT2D eigenvalue weighted by Crippen LogP contribution is -2.22. The summed E-state index contributed by atoms with van der Waals surface area (Å²) in [6.07, 6.45) is 1.96. The number of para-hydroxylation sites is 4. The van der Waals surface area contributed by atoms with Crippen LogP contribution >= 0.6 is 0 Å². The topological polar surface area (TPSA) is 66.4 Å². The van der Waals surface area contributed by atoms with E-state index in [4.69, 9.17) is 9.97 Å². The molecule has 0 saturated heterocycles. The summed E-state index contributed by atoms with van der Waals surface area (Å²) in [6, 6.07) is 61.1. The molecule has 1 aliphatic heterocycles. The van der Waals surface area contributed by atoms with Crippen LogP contribution in [0.25, 0.3) is 38.9 Å². The first-order valence-electron chi connectivity index (χ1n) is 18.5. The highest BCUT2D eigenvalue weighted by Crippen LogP contribution is 2.50. The molecule has 6 heteroatoms. The average Bonchev–Trinajstić information content (AvgIpc) is 3.72. The molecule has 0 fully saturated rings. The Morgan fingerprint density at radius 3 is 1.23 bits per heavy atom. The van der Waals surface area contributed by atoms with Crippen LogP contribution in [-0.2, 0) is 0 Å². The van der Waals surface area contributed by atoms with Crippen LogP contribution in [0.3, 0.4) is 0 Å². The third-order valence-corrected chi connectivity index (χ3v) is 10.4. The smallest absolute Gasteiger partial charge is 0.199 e. The molecule has 2 aliphatic rings. The number of ketones is 2. The molecule has 10 rings (SSSR count). The number of anilines is 4. The van der Waals surface area contributed by atoms with E-state index in [1.54, 1.807) is 0 Å². The monoisotopic (exact) mass is 720 g/mol. The fraction of sp³-hybridized carbons (Fsp3) is 0. The first kappa shape index (κ1) is 32.9. The molecule has 0 bridgehead atoms. The summed E-state index contributed by atoms with van der Waals surface area (Å²) in [6.45, 7) is 0. The summed E-state index contributed by atoms with van der Waals surface area (Å²) < 4.78 is 0. The third kappa shape index (κ3) is 5.43. The Hall–Kier alpha value is -7.70. The molecule has 0 radical (unpaired) electrons. The van der Waals surface area contributed by atoms with Crippen LogP contribution in [0.5, 0.6) is 0 Å². The lowest BCUT2D eigenvalue weighted by molar-refractivity contribution is 0.0990. The maximum Gasteiger partial charge on any atom is 0.199 e. The van der Waals surface area contributed by atoms with Gasteiger partial charge >= 0.3 is 0 Å². The van der Waals surface area contributed by atoms with E-state index in [-0.39, 0.29) is 17.1 Å². The van der Waals surface area contributed by atoms with Crippen molar-refractivity contribution in [3.63, 3.8) is 0 Å². The minimum atomic E-state index is -0.313. The molecule has 2 heterocycles. The largest absolute Gasteiger partial charge is 0.288 e. The van der Waals surface area contributed by atoms with Crippen LogP contribution in [-0.4, -0.2) is 21.5 Å². The molecule has 0 amide bonds. The first-order valence-corrected chi connectivity index (χ1v) is 18.5. The summed E-state index contributed by atoms with van der Waals surface area (Å²) >= 11 is 0. The summed E-state index contributed by atoms with van der Waals surface area (Å²) in [7, 11) is 0. The second-order valence-corrected chi connectivity index (χ2v) is 13.7. The zero-order valence-electron chi connectivity index (χ0n) is 30.1. The van der Waals surface area contributed by atoms with Crippen LogP contribution in [0.2, 0.25) is 0 Å². The first-order chi connectivity index (χ1) is 27.7. The highest BCUT2D eigenvalue weighted by atomic mass is 16.2. The third-order valence-electron chi connectivity index (χ3n) is 10.4. The van der Waals surface area contributed by atoms with E-state index < -0.39 is 0 Å². The number of hydrogen-bond acceptors (Lipinski definition) is 6. The van der Waals surface area contributed by atoms with E-state index >= 15 is 9.59 Å². The number of fused-ring (bicyclic) bond motifs is 3. The Kier molecular flexibility index (Phi) is 8.00. The van der Waals surface area contributed by atoms with Gasteiger partial charge in [0.25, 0.3) is 0 Å². The highest BCUT2D eigenvalue weighted by Gasteiger charge is 2.42. The van der Waals surface area contributed by atoms with Gasteiger partial charge in [0.15, 0.2) is 23.2 Å². The van der Waals surface area contributed by atoms with Crippen LogP contribution in [0.1, 0.15) is 26.3 Å². The SMILES string of the molecule is O=C1C(=C(C=C2N(c3ccccc3)c3nc4ccccc4nc3N2c2ccccc2)c2ccccc2)C(=O)c2c(-c3ccccc3)ccc(-c3ccccc3)c21. The number of benzene rings is 7. The van der Waals surface area contributed by atoms with Gasteiger partial charge in [0.1, 0.15) is 5.82 Å². The molecule has 1 aromatic heterocycles.